The molecule has 0 aliphatic carbocycles. The molecule has 0 spiro atoms. The van der Waals surface area contributed by atoms with Crippen molar-refractivity contribution in [2.24, 2.45) is 0 Å². The number of hydrogen-bond acceptors (Lipinski definition) is 5. The molecule has 2 heterocycles. The van der Waals surface area contributed by atoms with Gasteiger partial charge in [0, 0.05) is 23.9 Å². The number of nitrogens with one attached hydrogen (secondary N) is 1. The number of benzene rings is 1. The normalized spacial score (nSPS) is 13.2. The Morgan fingerprint density at radius 2 is 2.29 bits per heavy atom. The highest BCUT2D eigenvalue weighted by atomic mass is 35.5. The van der Waals surface area contributed by atoms with Gasteiger partial charge in [0.25, 0.3) is 5.56 Å². The van der Waals surface area contributed by atoms with E-state index in [-0.39, 0.29) is 18.0 Å². The number of carbonyl (C=O) groups is 1. The van der Waals surface area contributed by atoms with Crippen LogP contribution in [-0.4, -0.2) is 28.6 Å². The van der Waals surface area contributed by atoms with Crippen molar-refractivity contribution in [3.63, 3.8) is 0 Å². The molecule has 0 saturated heterocycles. The zero-order chi connectivity index (χ0) is 17.1. The van der Waals surface area contributed by atoms with Crippen molar-refractivity contribution in [1.29, 1.82) is 0 Å². The maximum atomic E-state index is 12.2. The first-order valence-electron chi connectivity index (χ1n) is 7.38. The second-order valence-corrected chi connectivity index (χ2v) is 6.82. The number of hydrogen-bond donors (Lipinski definition) is 1. The third kappa shape index (κ3) is 3.73. The Hall–Kier alpha value is -1.99. The van der Waals surface area contributed by atoms with Gasteiger partial charge in [0.15, 0.2) is 0 Å². The van der Waals surface area contributed by atoms with Crippen molar-refractivity contribution in [3.8, 4) is 5.75 Å². The average Bonchev–Trinajstić information content (AvgIpc) is 2.55. The van der Waals surface area contributed by atoms with Crippen LogP contribution in [0.15, 0.2) is 29.1 Å². The van der Waals surface area contributed by atoms with Gasteiger partial charge in [0.2, 0.25) is 5.91 Å². The van der Waals surface area contributed by atoms with E-state index in [9.17, 15) is 9.59 Å². The van der Waals surface area contributed by atoms with Crippen molar-refractivity contribution in [2.75, 3.05) is 18.2 Å². The lowest BCUT2D eigenvalue weighted by atomic mass is 10.2. The number of aryl methyl sites for hydroxylation is 1. The Labute approximate surface area is 148 Å². The van der Waals surface area contributed by atoms with Crippen LogP contribution in [0.2, 0.25) is 5.02 Å². The van der Waals surface area contributed by atoms with Gasteiger partial charge in [-0.15, -0.1) is 0 Å². The van der Waals surface area contributed by atoms with Crippen LogP contribution in [0.3, 0.4) is 0 Å². The third-order valence-corrected chi connectivity index (χ3v) is 4.94. The summed E-state index contributed by atoms with van der Waals surface area (Å²) in [6.45, 7) is -0.136. The number of anilines is 1. The second-order valence-electron chi connectivity index (χ2n) is 5.31. The summed E-state index contributed by atoms with van der Waals surface area (Å²) in [6.07, 6.45) is 0.815. The van der Waals surface area contributed by atoms with Crippen LogP contribution in [0, 0.1) is 0 Å². The molecule has 1 aliphatic heterocycles. The van der Waals surface area contributed by atoms with Gasteiger partial charge < -0.3 is 10.1 Å². The van der Waals surface area contributed by atoms with Crippen LogP contribution in [0.25, 0.3) is 0 Å². The molecule has 0 bridgehead atoms. The average molecular weight is 366 g/mol. The summed E-state index contributed by atoms with van der Waals surface area (Å²) in [4.78, 5) is 24.3. The molecule has 1 aliphatic rings. The summed E-state index contributed by atoms with van der Waals surface area (Å²) >= 11 is 7.81. The molecule has 0 radical (unpaired) electrons. The third-order valence-electron chi connectivity index (χ3n) is 3.63. The fraction of sp³-hybridized carbons (Fsp3) is 0.312. The zero-order valence-corrected chi connectivity index (χ0v) is 14.6. The molecular weight excluding hydrogens is 350 g/mol. The predicted octanol–water partition coefficient (Wildman–Crippen LogP) is 2.33. The number of aromatic nitrogens is 2. The van der Waals surface area contributed by atoms with Gasteiger partial charge in [0.1, 0.15) is 12.3 Å². The molecule has 2 aromatic rings. The monoisotopic (exact) mass is 365 g/mol. The highest BCUT2D eigenvalue weighted by molar-refractivity contribution is 7.98. The Kier molecular flexibility index (Phi) is 5.11. The van der Waals surface area contributed by atoms with Gasteiger partial charge in [0.05, 0.1) is 17.8 Å². The van der Waals surface area contributed by atoms with Crippen molar-refractivity contribution < 1.29 is 9.53 Å². The second kappa shape index (κ2) is 7.27. The topological polar surface area (TPSA) is 73.2 Å². The molecular formula is C16H16ClN3O3S. The van der Waals surface area contributed by atoms with E-state index in [4.69, 9.17) is 16.3 Å². The molecule has 3 rings (SSSR count). The number of halogens is 1. The van der Waals surface area contributed by atoms with Gasteiger partial charge in [-0.05, 0) is 29.5 Å². The number of carbonyl (C=O) groups excluding carboxylic acids is 1. The standard InChI is InChI=1S/C16H16ClN3O3S/c1-23-14-3-2-11(7-12(14)17)18-15(21)8-20-16(22)6-10-9-24-5-4-13(10)19-20/h2-3,6-7H,4-5,8-9H2,1H3,(H,18,21). The predicted molar refractivity (Wildman–Crippen MR) is 95.0 cm³/mol. The molecule has 1 amide bonds. The first-order valence-corrected chi connectivity index (χ1v) is 8.91. The number of nitrogens with zero attached hydrogens (tertiary/aromatic N) is 2. The summed E-state index contributed by atoms with van der Waals surface area (Å²) in [5, 5.41) is 7.43. The molecule has 1 aromatic heterocycles. The minimum Gasteiger partial charge on any atom is -0.495 e. The van der Waals surface area contributed by atoms with E-state index < -0.39 is 0 Å². The van der Waals surface area contributed by atoms with Crippen LogP contribution in [-0.2, 0) is 23.5 Å². The van der Waals surface area contributed by atoms with E-state index in [0.29, 0.717) is 16.5 Å². The highest BCUT2D eigenvalue weighted by Gasteiger charge is 2.15. The minimum absolute atomic E-state index is 0.136. The first-order chi connectivity index (χ1) is 11.6. The van der Waals surface area contributed by atoms with Gasteiger partial charge in [-0.1, -0.05) is 11.6 Å². The van der Waals surface area contributed by atoms with Crippen LogP contribution in [0.5, 0.6) is 5.75 Å². The van der Waals surface area contributed by atoms with Crippen molar-refractivity contribution in [2.45, 2.75) is 18.7 Å². The Morgan fingerprint density at radius 1 is 1.46 bits per heavy atom. The maximum absolute atomic E-state index is 12.2. The molecule has 24 heavy (non-hydrogen) atoms. The Morgan fingerprint density at radius 3 is 3.04 bits per heavy atom. The number of ether oxygens (including phenoxy) is 1. The quantitative estimate of drug-likeness (QED) is 0.900. The zero-order valence-electron chi connectivity index (χ0n) is 13.0. The SMILES string of the molecule is COc1ccc(NC(=O)Cn2nc3c(cc2=O)CSCC3)cc1Cl. The van der Waals surface area contributed by atoms with Crippen LogP contribution in [0.4, 0.5) is 5.69 Å². The van der Waals surface area contributed by atoms with E-state index in [0.717, 1.165) is 29.2 Å². The lowest BCUT2D eigenvalue weighted by Gasteiger charge is -2.15. The number of thioether (sulfide) groups is 1. The van der Waals surface area contributed by atoms with E-state index in [1.54, 1.807) is 36.0 Å². The van der Waals surface area contributed by atoms with Crippen LogP contribution in [0.1, 0.15) is 11.3 Å². The molecule has 0 fully saturated rings. The number of fused-ring (bicyclic) bond motifs is 1. The van der Waals surface area contributed by atoms with Gasteiger partial charge in [-0.3, -0.25) is 9.59 Å². The van der Waals surface area contributed by atoms with Crippen molar-refractivity contribution in [3.05, 3.63) is 50.9 Å². The fourth-order valence-electron chi connectivity index (χ4n) is 2.45. The highest BCUT2D eigenvalue weighted by Crippen LogP contribution is 2.27. The summed E-state index contributed by atoms with van der Waals surface area (Å²) in [6, 6.07) is 6.52. The molecule has 0 saturated carbocycles. The summed E-state index contributed by atoms with van der Waals surface area (Å²) in [5.41, 5.74) is 2.14. The molecule has 1 aromatic carbocycles. The number of rotatable bonds is 4. The summed E-state index contributed by atoms with van der Waals surface area (Å²) in [5.74, 6) is 1.97. The summed E-state index contributed by atoms with van der Waals surface area (Å²) < 4.78 is 6.27. The fourth-order valence-corrected chi connectivity index (χ4v) is 3.66. The lowest BCUT2D eigenvalue weighted by Crippen LogP contribution is -2.31. The Bertz CT molecular complexity index is 838. The van der Waals surface area contributed by atoms with Gasteiger partial charge >= 0.3 is 0 Å². The van der Waals surface area contributed by atoms with E-state index in [1.807, 2.05) is 0 Å². The number of amides is 1. The molecule has 1 N–H and O–H groups in total. The van der Waals surface area contributed by atoms with E-state index in [2.05, 4.69) is 10.4 Å². The molecule has 126 valence electrons. The molecule has 0 atom stereocenters. The lowest BCUT2D eigenvalue weighted by molar-refractivity contribution is -0.117. The smallest absolute Gasteiger partial charge is 0.267 e. The maximum Gasteiger partial charge on any atom is 0.267 e. The molecule has 8 heteroatoms. The van der Waals surface area contributed by atoms with E-state index >= 15 is 0 Å². The minimum atomic E-state index is -0.337. The van der Waals surface area contributed by atoms with Gasteiger partial charge in [-0.25, -0.2) is 4.68 Å². The van der Waals surface area contributed by atoms with Crippen LogP contribution >= 0.6 is 23.4 Å². The van der Waals surface area contributed by atoms with E-state index in [1.165, 1.54) is 11.8 Å². The molecule has 0 unspecified atom stereocenters. The summed E-state index contributed by atoms with van der Waals surface area (Å²) in [7, 11) is 1.52. The van der Waals surface area contributed by atoms with Crippen molar-refractivity contribution >= 4 is 35.0 Å². The number of methoxy groups -OCH3 is 1. The Balaban J connectivity index is 1.73. The van der Waals surface area contributed by atoms with Gasteiger partial charge in [-0.2, -0.15) is 16.9 Å². The first kappa shape index (κ1) is 16.9. The van der Waals surface area contributed by atoms with Crippen molar-refractivity contribution in [1.82, 2.24) is 9.78 Å². The molecule has 6 nitrogen and oxygen atoms in total. The largest absolute Gasteiger partial charge is 0.495 e. The van der Waals surface area contributed by atoms with Crippen LogP contribution < -0.4 is 15.6 Å².